The van der Waals surface area contributed by atoms with E-state index in [9.17, 15) is 0 Å². The van der Waals surface area contributed by atoms with Crippen LogP contribution < -0.4 is 0 Å². The van der Waals surface area contributed by atoms with Crippen LogP contribution in [0.5, 0.6) is 0 Å². The van der Waals surface area contributed by atoms with Gasteiger partial charge in [0.1, 0.15) is 5.65 Å². The zero-order valence-corrected chi connectivity index (χ0v) is 11.7. The van der Waals surface area contributed by atoms with Crippen LogP contribution in [-0.4, -0.2) is 52.8 Å². The van der Waals surface area contributed by atoms with Crippen LogP contribution in [0.25, 0.3) is 5.65 Å². The van der Waals surface area contributed by atoms with E-state index < -0.39 is 0 Å². The van der Waals surface area contributed by atoms with Crippen molar-refractivity contribution in [3.63, 3.8) is 0 Å². The molecule has 0 saturated heterocycles. The van der Waals surface area contributed by atoms with E-state index in [1.165, 1.54) is 0 Å². The predicted molar refractivity (Wildman–Crippen MR) is 74.4 cm³/mol. The number of ether oxygens (including phenoxy) is 1. The second-order valence-corrected chi connectivity index (χ2v) is 4.77. The molecule has 0 spiro atoms. The van der Waals surface area contributed by atoms with Crippen LogP contribution in [0.1, 0.15) is 5.69 Å². The lowest BCUT2D eigenvalue weighted by Gasteiger charge is -2.19. The first-order valence-electron chi connectivity index (χ1n) is 6.18. The smallest absolute Gasteiger partial charge is 0.137 e. The van der Waals surface area contributed by atoms with Crippen molar-refractivity contribution in [3.05, 3.63) is 35.2 Å². The van der Waals surface area contributed by atoms with Gasteiger partial charge >= 0.3 is 0 Å². The highest BCUT2D eigenvalue weighted by Gasteiger charge is 2.08. The molecule has 104 valence electrons. The van der Waals surface area contributed by atoms with E-state index in [-0.39, 0.29) is 6.61 Å². The first kappa shape index (κ1) is 14.3. The third kappa shape index (κ3) is 3.91. The van der Waals surface area contributed by atoms with Crippen molar-refractivity contribution in [1.82, 2.24) is 14.3 Å². The van der Waals surface area contributed by atoms with Gasteiger partial charge in [-0.1, -0.05) is 11.6 Å². The van der Waals surface area contributed by atoms with Gasteiger partial charge in [0, 0.05) is 39.1 Å². The van der Waals surface area contributed by atoms with Gasteiger partial charge in [0.05, 0.1) is 23.9 Å². The fourth-order valence-corrected chi connectivity index (χ4v) is 2.12. The zero-order valence-electron chi connectivity index (χ0n) is 10.9. The average Bonchev–Trinajstić information content (AvgIpc) is 2.77. The standard InChI is InChI=1S/C13H18ClN3O2/c1-19-7-5-16(4-6-18)9-12-10-17-8-11(14)2-3-13(17)15-12/h2-3,8,10,18H,4-7,9H2,1H3. The quantitative estimate of drug-likeness (QED) is 0.835. The second-order valence-electron chi connectivity index (χ2n) is 4.34. The topological polar surface area (TPSA) is 50.0 Å². The normalized spacial score (nSPS) is 11.6. The molecule has 6 heteroatoms. The van der Waals surface area contributed by atoms with Crippen LogP contribution in [0.2, 0.25) is 5.02 Å². The van der Waals surface area contributed by atoms with Crippen LogP contribution >= 0.6 is 11.6 Å². The van der Waals surface area contributed by atoms with Gasteiger partial charge in [0.25, 0.3) is 0 Å². The highest BCUT2D eigenvalue weighted by Crippen LogP contribution is 2.12. The Morgan fingerprint density at radius 1 is 1.37 bits per heavy atom. The van der Waals surface area contributed by atoms with Gasteiger partial charge in [0.15, 0.2) is 0 Å². The number of hydrogen-bond donors (Lipinski definition) is 1. The highest BCUT2D eigenvalue weighted by atomic mass is 35.5. The number of methoxy groups -OCH3 is 1. The Kier molecular flexibility index (Phi) is 5.15. The summed E-state index contributed by atoms with van der Waals surface area (Å²) in [6.07, 6.45) is 3.79. The van der Waals surface area contributed by atoms with Crippen LogP contribution in [0.4, 0.5) is 0 Å². The molecule has 2 heterocycles. The maximum absolute atomic E-state index is 9.06. The van der Waals surface area contributed by atoms with Gasteiger partial charge in [-0.25, -0.2) is 4.98 Å². The number of hydrogen-bond acceptors (Lipinski definition) is 4. The van der Waals surface area contributed by atoms with Crippen molar-refractivity contribution in [3.8, 4) is 0 Å². The minimum absolute atomic E-state index is 0.128. The van der Waals surface area contributed by atoms with E-state index in [2.05, 4.69) is 9.88 Å². The van der Waals surface area contributed by atoms with Gasteiger partial charge in [-0.3, -0.25) is 4.90 Å². The van der Waals surface area contributed by atoms with Gasteiger partial charge in [0.2, 0.25) is 0 Å². The first-order chi connectivity index (χ1) is 9.22. The summed E-state index contributed by atoms with van der Waals surface area (Å²) in [5.41, 5.74) is 1.82. The number of aliphatic hydroxyl groups is 1. The molecule has 0 aromatic carbocycles. The minimum atomic E-state index is 0.128. The summed E-state index contributed by atoms with van der Waals surface area (Å²) in [6, 6.07) is 3.71. The number of aliphatic hydroxyl groups excluding tert-OH is 1. The van der Waals surface area contributed by atoms with Crippen molar-refractivity contribution in [2.24, 2.45) is 0 Å². The summed E-state index contributed by atoms with van der Waals surface area (Å²) in [5, 5.41) is 9.75. The Hall–Kier alpha value is -1.14. The molecule has 2 aromatic heterocycles. The number of halogens is 1. The van der Waals surface area contributed by atoms with E-state index in [0.717, 1.165) is 17.9 Å². The van der Waals surface area contributed by atoms with Crippen molar-refractivity contribution in [2.75, 3.05) is 33.4 Å². The highest BCUT2D eigenvalue weighted by molar-refractivity contribution is 6.30. The molecular weight excluding hydrogens is 266 g/mol. The molecule has 1 N–H and O–H groups in total. The van der Waals surface area contributed by atoms with E-state index in [1.807, 2.05) is 28.9 Å². The van der Waals surface area contributed by atoms with Crippen molar-refractivity contribution in [1.29, 1.82) is 0 Å². The summed E-state index contributed by atoms with van der Waals surface area (Å²) in [7, 11) is 1.67. The predicted octanol–water partition coefficient (Wildman–Crippen LogP) is 1.43. The number of pyridine rings is 1. The Bertz CT molecular complexity index is 530. The molecule has 0 atom stereocenters. The van der Waals surface area contributed by atoms with Crippen molar-refractivity contribution < 1.29 is 9.84 Å². The molecule has 0 aliphatic rings. The van der Waals surface area contributed by atoms with Crippen molar-refractivity contribution >= 4 is 17.2 Å². The van der Waals surface area contributed by atoms with E-state index in [4.69, 9.17) is 21.4 Å². The maximum Gasteiger partial charge on any atom is 0.137 e. The Morgan fingerprint density at radius 2 is 2.21 bits per heavy atom. The number of rotatable bonds is 7. The molecule has 0 aliphatic carbocycles. The molecule has 2 rings (SSSR count). The monoisotopic (exact) mass is 283 g/mol. The zero-order chi connectivity index (χ0) is 13.7. The van der Waals surface area contributed by atoms with Crippen LogP contribution in [-0.2, 0) is 11.3 Å². The molecule has 0 radical (unpaired) electrons. The Morgan fingerprint density at radius 3 is 2.95 bits per heavy atom. The third-order valence-corrected chi connectivity index (χ3v) is 3.10. The molecule has 19 heavy (non-hydrogen) atoms. The van der Waals surface area contributed by atoms with Crippen LogP contribution in [0, 0.1) is 0 Å². The molecule has 2 aromatic rings. The number of nitrogens with zero attached hydrogens (tertiary/aromatic N) is 3. The summed E-state index contributed by atoms with van der Waals surface area (Å²) in [4.78, 5) is 6.63. The lowest BCUT2D eigenvalue weighted by atomic mass is 10.4. The molecule has 0 aliphatic heterocycles. The fourth-order valence-electron chi connectivity index (χ4n) is 1.95. The summed E-state index contributed by atoms with van der Waals surface area (Å²) < 4.78 is 6.97. The molecule has 0 bridgehead atoms. The fraction of sp³-hybridized carbons (Fsp3) is 0.462. The van der Waals surface area contributed by atoms with Crippen LogP contribution in [0.3, 0.4) is 0 Å². The lowest BCUT2D eigenvalue weighted by Crippen LogP contribution is -2.29. The summed E-state index contributed by atoms with van der Waals surface area (Å²) in [5.74, 6) is 0. The largest absolute Gasteiger partial charge is 0.395 e. The van der Waals surface area contributed by atoms with E-state index in [1.54, 1.807) is 7.11 Å². The lowest BCUT2D eigenvalue weighted by molar-refractivity contribution is 0.126. The number of aromatic nitrogens is 2. The summed E-state index contributed by atoms with van der Waals surface area (Å²) in [6.45, 7) is 2.83. The molecular formula is C13H18ClN3O2. The third-order valence-electron chi connectivity index (χ3n) is 2.88. The maximum atomic E-state index is 9.06. The minimum Gasteiger partial charge on any atom is -0.395 e. The molecule has 0 fully saturated rings. The summed E-state index contributed by atoms with van der Waals surface area (Å²) >= 11 is 5.94. The Balaban J connectivity index is 2.09. The van der Waals surface area contributed by atoms with Crippen LogP contribution in [0.15, 0.2) is 24.5 Å². The SMILES string of the molecule is COCCN(CCO)Cc1cn2cc(Cl)ccc2n1. The molecule has 0 saturated carbocycles. The van der Waals surface area contributed by atoms with Gasteiger partial charge < -0.3 is 14.2 Å². The molecule has 5 nitrogen and oxygen atoms in total. The van der Waals surface area contributed by atoms with E-state index in [0.29, 0.717) is 24.7 Å². The van der Waals surface area contributed by atoms with Crippen molar-refractivity contribution in [2.45, 2.75) is 6.54 Å². The number of fused-ring (bicyclic) bond motifs is 1. The first-order valence-corrected chi connectivity index (χ1v) is 6.56. The van der Waals surface area contributed by atoms with Gasteiger partial charge in [-0.2, -0.15) is 0 Å². The van der Waals surface area contributed by atoms with Gasteiger partial charge in [-0.15, -0.1) is 0 Å². The Labute approximate surface area is 117 Å². The molecule has 0 unspecified atom stereocenters. The number of imidazole rings is 1. The second kappa shape index (κ2) is 6.86. The van der Waals surface area contributed by atoms with Gasteiger partial charge in [-0.05, 0) is 12.1 Å². The molecule has 0 amide bonds. The average molecular weight is 284 g/mol. The van der Waals surface area contributed by atoms with E-state index >= 15 is 0 Å².